The van der Waals surface area contributed by atoms with Crippen molar-refractivity contribution in [2.45, 2.75) is 18.9 Å². The Morgan fingerprint density at radius 2 is 2.36 bits per heavy atom. The summed E-state index contributed by atoms with van der Waals surface area (Å²) in [5, 5.41) is 0. The minimum absolute atomic E-state index is 0.723. The molecule has 1 aliphatic rings. The van der Waals surface area contributed by atoms with E-state index in [1.54, 1.807) is 0 Å². The quantitative estimate of drug-likeness (QED) is 0.647. The highest BCUT2D eigenvalue weighted by Gasteiger charge is 2.27. The van der Waals surface area contributed by atoms with Crippen molar-refractivity contribution in [2.24, 2.45) is 0 Å². The lowest BCUT2D eigenvalue weighted by atomic mass is 10.4. The Labute approximate surface area is 76.6 Å². The Morgan fingerprint density at radius 3 is 2.73 bits per heavy atom. The van der Waals surface area contributed by atoms with Crippen LogP contribution >= 0.6 is 15.9 Å². The van der Waals surface area contributed by atoms with Gasteiger partial charge in [-0.1, -0.05) is 28.4 Å². The minimum Gasteiger partial charge on any atom is -0.285 e. The van der Waals surface area contributed by atoms with Crippen LogP contribution < -0.4 is 0 Å². The number of halogens is 1. The van der Waals surface area contributed by atoms with Gasteiger partial charge in [-0.3, -0.25) is 4.90 Å². The van der Waals surface area contributed by atoms with Crippen molar-refractivity contribution in [3.8, 4) is 12.3 Å². The molecule has 0 atom stereocenters. The molecule has 0 bridgehead atoms. The second-order valence-electron chi connectivity index (χ2n) is 2.86. The van der Waals surface area contributed by atoms with E-state index in [9.17, 15) is 0 Å². The first kappa shape index (κ1) is 8.83. The Balaban J connectivity index is 2.33. The third kappa shape index (κ3) is 3.09. The summed E-state index contributed by atoms with van der Waals surface area (Å²) >= 11 is 3.34. The van der Waals surface area contributed by atoms with Crippen LogP contribution in [0.4, 0.5) is 0 Å². The van der Waals surface area contributed by atoms with Gasteiger partial charge in [0.1, 0.15) is 0 Å². The molecule has 0 radical (unpaired) electrons. The van der Waals surface area contributed by atoms with Gasteiger partial charge >= 0.3 is 0 Å². The first-order chi connectivity index (χ1) is 5.24. The summed E-state index contributed by atoms with van der Waals surface area (Å²) in [6.45, 7) is 5.42. The van der Waals surface area contributed by atoms with Crippen LogP contribution in [0.15, 0.2) is 11.1 Å². The highest BCUT2D eigenvalue weighted by atomic mass is 79.9. The molecule has 1 aliphatic carbocycles. The van der Waals surface area contributed by atoms with Crippen molar-refractivity contribution in [3.05, 3.63) is 11.1 Å². The van der Waals surface area contributed by atoms with Gasteiger partial charge in [0.25, 0.3) is 0 Å². The molecule has 1 saturated carbocycles. The van der Waals surface area contributed by atoms with E-state index < -0.39 is 0 Å². The number of hydrogen-bond donors (Lipinski definition) is 0. The van der Waals surface area contributed by atoms with Crippen LogP contribution in [0.1, 0.15) is 12.8 Å². The monoisotopic (exact) mass is 213 g/mol. The van der Waals surface area contributed by atoms with E-state index in [1.165, 1.54) is 12.8 Å². The van der Waals surface area contributed by atoms with E-state index in [0.29, 0.717) is 0 Å². The van der Waals surface area contributed by atoms with Crippen molar-refractivity contribution in [1.29, 1.82) is 0 Å². The summed E-state index contributed by atoms with van der Waals surface area (Å²) in [4.78, 5) is 2.27. The van der Waals surface area contributed by atoms with Gasteiger partial charge in [-0.05, 0) is 12.8 Å². The summed E-state index contributed by atoms with van der Waals surface area (Å²) in [7, 11) is 0. The Bertz CT molecular complexity index is 188. The first-order valence-electron chi connectivity index (χ1n) is 3.75. The summed E-state index contributed by atoms with van der Waals surface area (Å²) in [5.41, 5.74) is 0. The molecule has 1 fully saturated rings. The molecule has 0 saturated heterocycles. The molecule has 11 heavy (non-hydrogen) atoms. The minimum atomic E-state index is 0.723. The number of rotatable bonds is 4. The smallest absolute Gasteiger partial charge is 0.0604 e. The van der Waals surface area contributed by atoms with E-state index in [4.69, 9.17) is 6.42 Å². The van der Waals surface area contributed by atoms with Crippen LogP contribution in [0.3, 0.4) is 0 Å². The third-order valence-electron chi connectivity index (χ3n) is 1.73. The molecular weight excluding hydrogens is 202 g/mol. The average Bonchev–Trinajstić information content (AvgIpc) is 2.66. The summed E-state index contributed by atoms with van der Waals surface area (Å²) in [6.07, 6.45) is 7.82. The normalized spacial score (nSPS) is 16.5. The summed E-state index contributed by atoms with van der Waals surface area (Å²) in [6, 6.07) is 0.723. The second-order valence-corrected chi connectivity index (χ2v) is 3.98. The summed E-state index contributed by atoms with van der Waals surface area (Å²) < 4.78 is 1.01. The molecule has 0 aliphatic heterocycles. The molecule has 0 spiro atoms. The highest BCUT2D eigenvalue weighted by Crippen LogP contribution is 2.27. The van der Waals surface area contributed by atoms with Gasteiger partial charge < -0.3 is 0 Å². The fraction of sp³-hybridized carbons (Fsp3) is 0.556. The first-order valence-corrected chi connectivity index (χ1v) is 4.54. The maximum atomic E-state index is 5.23. The average molecular weight is 214 g/mol. The van der Waals surface area contributed by atoms with E-state index in [1.807, 2.05) is 0 Å². The number of nitrogens with zero attached hydrogens (tertiary/aromatic N) is 1. The van der Waals surface area contributed by atoms with Crippen molar-refractivity contribution >= 4 is 15.9 Å². The molecule has 0 aromatic rings. The van der Waals surface area contributed by atoms with E-state index in [0.717, 1.165) is 23.6 Å². The summed E-state index contributed by atoms with van der Waals surface area (Å²) in [5.74, 6) is 2.66. The Kier molecular flexibility index (Phi) is 3.16. The molecule has 0 unspecified atom stereocenters. The molecule has 2 heteroatoms. The van der Waals surface area contributed by atoms with Gasteiger partial charge in [-0.2, -0.15) is 0 Å². The predicted octanol–water partition coefficient (Wildman–Crippen LogP) is 1.99. The van der Waals surface area contributed by atoms with E-state index >= 15 is 0 Å². The zero-order valence-electron chi connectivity index (χ0n) is 6.52. The zero-order chi connectivity index (χ0) is 8.27. The Hall–Kier alpha value is -0.260. The van der Waals surface area contributed by atoms with Gasteiger partial charge in [0.2, 0.25) is 0 Å². The van der Waals surface area contributed by atoms with Gasteiger partial charge in [-0.25, -0.2) is 0 Å². The zero-order valence-corrected chi connectivity index (χ0v) is 8.10. The van der Waals surface area contributed by atoms with Crippen LogP contribution in [-0.2, 0) is 0 Å². The topological polar surface area (TPSA) is 3.24 Å². The molecule has 0 N–H and O–H groups in total. The standard InChI is InChI=1S/C9H12BrN/c1-3-6-11(7-8(2)10)9-4-5-9/h1,9H,2,4-7H2. The van der Waals surface area contributed by atoms with E-state index in [-0.39, 0.29) is 0 Å². The van der Waals surface area contributed by atoms with Gasteiger partial charge in [0.15, 0.2) is 0 Å². The van der Waals surface area contributed by atoms with Crippen LogP contribution in [0.5, 0.6) is 0 Å². The van der Waals surface area contributed by atoms with Crippen LogP contribution in [0.25, 0.3) is 0 Å². The van der Waals surface area contributed by atoms with Crippen LogP contribution in [-0.4, -0.2) is 24.0 Å². The largest absolute Gasteiger partial charge is 0.285 e. The molecule has 60 valence electrons. The third-order valence-corrected chi connectivity index (χ3v) is 1.98. The lowest BCUT2D eigenvalue weighted by molar-refractivity contribution is 0.328. The predicted molar refractivity (Wildman–Crippen MR) is 51.5 cm³/mol. The van der Waals surface area contributed by atoms with Crippen molar-refractivity contribution < 1.29 is 0 Å². The fourth-order valence-electron chi connectivity index (χ4n) is 1.09. The fourth-order valence-corrected chi connectivity index (χ4v) is 1.41. The molecule has 1 rings (SSSR count). The lowest BCUT2D eigenvalue weighted by Gasteiger charge is -2.17. The maximum absolute atomic E-state index is 5.23. The van der Waals surface area contributed by atoms with Crippen molar-refractivity contribution in [2.75, 3.05) is 13.1 Å². The molecule has 0 heterocycles. The Morgan fingerprint density at radius 1 is 1.73 bits per heavy atom. The van der Waals surface area contributed by atoms with Gasteiger partial charge in [-0.15, -0.1) is 6.42 Å². The van der Waals surface area contributed by atoms with Crippen LogP contribution in [0, 0.1) is 12.3 Å². The van der Waals surface area contributed by atoms with Crippen molar-refractivity contribution in [1.82, 2.24) is 4.90 Å². The molecule has 0 amide bonds. The second kappa shape index (κ2) is 3.94. The molecular formula is C9H12BrN. The molecule has 0 aromatic carbocycles. The maximum Gasteiger partial charge on any atom is 0.0604 e. The number of terminal acetylenes is 1. The highest BCUT2D eigenvalue weighted by molar-refractivity contribution is 9.11. The lowest BCUT2D eigenvalue weighted by Crippen LogP contribution is -2.27. The van der Waals surface area contributed by atoms with Crippen LogP contribution in [0.2, 0.25) is 0 Å². The van der Waals surface area contributed by atoms with Gasteiger partial charge in [0.05, 0.1) is 6.54 Å². The van der Waals surface area contributed by atoms with Crippen molar-refractivity contribution in [3.63, 3.8) is 0 Å². The number of hydrogen-bond acceptors (Lipinski definition) is 1. The molecule has 1 nitrogen and oxygen atoms in total. The van der Waals surface area contributed by atoms with E-state index in [2.05, 4.69) is 33.3 Å². The SMILES string of the molecule is C#CCN(CC(=C)Br)C1CC1. The molecule has 0 aromatic heterocycles. The van der Waals surface area contributed by atoms with Gasteiger partial charge in [0, 0.05) is 17.1 Å².